The topological polar surface area (TPSA) is 124 Å². The summed E-state index contributed by atoms with van der Waals surface area (Å²) in [5, 5.41) is 6.26. The van der Waals surface area contributed by atoms with Gasteiger partial charge in [-0.25, -0.2) is 13.2 Å². The van der Waals surface area contributed by atoms with Crippen LogP contribution in [0.1, 0.15) is 5.69 Å². The number of amides is 2. The van der Waals surface area contributed by atoms with Crippen molar-refractivity contribution < 1.29 is 26.6 Å². The first kappa shape index (κ1) is 19.0. The molecule has 0 saturated carbocycles. The minimum atomic E-state index is -4.41. The van der Waals surface area contributed by atoms with Crippen molar-refractivity contribution in [3.8, 4) is 0 Å². The lowest BCUT2D eigenvalue weighted by molar-refractivity contribution is -0.728. The SMILES string of the molecule is COS(=O)(=O)[O-].Cc1c(NC(=O)Nc2ccccc2)sn[n+]1C. The molecule has 0 radical (unpaired) electrons. The van der Waals surface area contributed by atoms with Crippen molar-refractivity contribution in [2.45, 2.75) is 6.92 Å². The number of carbonyl (C=O) groups excluding carboxylic acids is 1. The van der Waals surface area contributed by atoms with Gasteiger partial charge in [-0.1, -0.05) is 22.9 Å². The van der Waals surface area contributed by atoms with Crippen molar-refractivity contribution in [1.29, 1.82) is 0 Å². The summed E-state index contributed by atoms with van der Waals surface area (Å²) < 4.78 is 36.8. The molecule has 1 aromatic carbocycles. The second kappa shape index (κ2) is 8.53. The zero-order valence-electron chi connectivity index (χ0n) is 12.6. The molecular formula is C12H16N4O5S2. The van der Waals surface area contributed by atoms with E-state index in [1.165, 1.54) is 11.5 Å². The van der Waals surface area contributed by atoms with E-state index in [2.05, 4.69) is 19.3 Å². The molecule has 1 aromatic heterocycles. The third-order valence-electron chi connectivity index (χ3n) is 2.53. The number of aromatic nitrogens is 2. The number of para-hydroxylation sites is 1. The van der Waals surface area contributed by atoms with Crippen molar-refractivity contribution in [3.63, 3.8) is 0 Å². The first-order valence-electron chi connectivity index (χ1n) is 6.20. The van der Waals surface area contributed by atoms with Crippen LogP contribution in [0, 0.1) is 6.92 Å². The van der Waals surface area contributed by atoms with Crippen LogP contribution in [-0.2, 0) is 21.6 Å². The normalized spacial score (nSPS) is 10.4. The molecule has 0 aliphatic carbocycles. The largest absolute Gasteiger partial charge is 0.726 e. The molecule has 126 valence electrons. The van der Waals surface area contributed by atoms with Gasteiger partial charge in [0.15, 0.2) is 12.0 Å². The van der Waals surface area contributed by atoms with Crippen LogP contribution in [0.5, 0.6) is 0 Å². The second-order valence-corrected chi connectivity index (χ2v) is 6.04. The Balaban J connectivity index is 0.000000379. The average molecular weight is 360 g/mol. The quantitative estimate of drug-likeness (QED) is 0.478. The third kappa shape index (κ3) is 7.15. The first-order chi connectivity index (χ1) is 10.7. The molecule has 2 rings (SSSR count). The van der Waals surface area contributed by atoms with Gasteiger partial charge >= 0.3 is 6.03 Å². The van der Waals surface area contributed by atoms with Crippen molar-refractivity contribution >= 4 is 38.7 Å². The summed E-state index contributed by atoms with van der Waals surface area (Å²) in [6.07, 6.45) is 0. The number of benzene rings is 1. The molecule has 0 bridgehead atoms. The van der Waals surface area contributed by atoms with E-state index in [0.717, 1.165) is 23.5 Å². The number of aryl methyl sites for hydroxylation is 1. The highest BCUT2D eigenvalue weighted by atomic mass is 32.3. The lowest BCUT2D eigenvalue weighted by Crippen LogP contribution is -2.32. The summed E-state index contributed by atoms with van der Waals surface area (Å²) in [6, 6.07) is 9.04. The maximum Gasteiger partial charge on any atom is 0.324 e. The number of hydrogen-bond acceptors (Lipinski definition) is 7. The fourth-order valence-electron chi connectivity index (χ4n) is 1.28. The number of carbonyl (C=O) groups is 1. The van der Waals surface area contributed by atoms with E-state index >= 15 is 0 Å². The van der Waals surface area contributed by atoms with Gasteiger partial charge in [0.2, 0.25) is 16.1 Å². The number of urea groups is 1. The van der Waals surface area contributed by atoms with Crippen LogP contribution in [0.2, 0.25) is 0 Å². The first-order valence-corrected chi connectivity index (χ1v) is 8.30. The highest BCUT2D eigenvalue weighted by Crippen LogP contribution is 2.15. The molecule has 0 aliphatic heterocycles. The lowest BCUT2D eigenvalue weighted by Gasteiger charge is -2.04. The number of nitrogens with zero attached hydrogens (tertiary/aromatic N) is 2. The maximum atomic E-state index is 11.7. The molecule has 0 atom stereocenters. The van der Waals surface area contributed by atoms with Gasteiger partial charge in [0.25, 0.3) is 0 Å². The van der Waals surface area contributed by atoms with Gasteiger partial charge < -0.3 is 9.87 Å². The summed E-state index contributed by atoms with van der Waals surface area (Å²) in [5.74, 6) is 0. The standard InChI is InChI=1S/C11H12N4OS.CH4O4S/c1-8-10(17-14-15(8)2)13-11(16)12-9-6-4-3-5-7-9;1-5-6(2,3)4/h3-7H,1-2H3,(H-,12,13,14,16);1H3,(H,2,3,4). The summed E-state index contributed by atoms with van der Waals surface area (Å²) in [6.45, 7) is 1.90. The van der Waals surface area contributed by atoms with Crippen molar-refractivity contribution in [1.82, 2.24) is 4.49 Å². The maximum absolute atomic E-state index is 11.7. The molecule has 2 amide bonds. The van der Waals surface area contributed by atoms with Crippen LogP contribution in [0.25, 0.3) is 0 Å². The van der Waals surface area contributed by atoms with E-state index < -0.39 is 10.4 Å². The van der Waals surface area contributed by atoms with Crippen LogP contribution < -0.4 is 15.3 Å². The Morgan fingerprint density at radius 1 is 1.30 bits per heavy atom. The molecule has 23 heavy (non-hydrogen) atoms. The van der Waals surface area contributed by atoms with Crippen molar-refractivity contribution in [2.75, 3.05) is 17.7 Å². The van der Waals surface area contributed by atoms with Crippen LogP contribution in [0.15, 0.2) is 30.3 Å². The predicted molar refractivity (Wildman–Crippen MR) is 83.8 cm³/mol. The molecule has 2 N–H and O–H groups in total. The minimum absolute atomic E-state index is 0.261. The number of nitrogens with one attached hydrogen (secondary N) is 2. The molecule has 0 unspecified atom stereocenters. The van der Waals surface area contributed by atoms with Gasteiger partial charge in [-0.05, 0) is 12.1 Å². The lowest BCUT2D eigenvalue weighted by atomic mass is 10.3. The fourth-order valence-corrected chi connectivity index (χ4v) is 2.01. The van der Waals surface area contributed by atoms with Crippen LogP contribution in [0.3, 0.4) is 0 Å². The summed E-state index contributed by atoms with van der Waals surface area (Å²) in [4.78, 5) is 11.7. The van der Waals surface area contributed by atoms with Gasteiger partial charge in [0.05, 0.1) is 23.1 Å². The average Bonchev–Trinajstić information content (AvgIpc) is 2.80. The Morgan fingerprint density at radius 2 is 1.87 bits per heavy atom. The Labute approximate surface area is 138 Å². The number of rotatable bonds is 3. The van der Waals surface area contributed by atoms with E-state index in [4.69, 9.17) is 0 Å². The monoisotopic (exact) mass is 360 g/mol. The summed E-state index contributed by atoms with van der Waals surface area (Å²) in [5.41, 5.74) is 1.69. The molecular weight excluding hydrogens is 344 g/mol. The second-order valence-electron chi connectivity index (χ2n) is 4.13. The summed E-state index contributed by atoms with van der Waals surface area (Å²) in [7, 11) is -1.76. The third-order valence-corrected chi connectivity index (χ3v) is 3.85. The van der Waals surface area contributed by atoms with Gasteiger partial charge in [-0.2, -0.15) is 0 Å². The van der Waals surface area contributed by atoms with E-state index in [-0.39, 0.29) is 6.03 Å². The van der Waals surface area contributed by atoms with Gasteiger partial charge in [0.1, 0.15) is 0 Å². The van der Waals surface area contributed by atoms with Crippen molar-refractivity contribution in [3.05, 3.63) is 36.0 Å². The smallest absolute Gasteiger partial charge is 0.324 e. The van der Waals surface area contributed by atoms with Gasteiger partial charge in [-0.15, -0.1) is 0 Å². The van der Waals surface area contributed by atoms with E-state index in [1.807, 2.05) is 44.3 Å². The molecule has 0 aliphatic rings. The van der Waals surface area contributed by atoms with Crippen molar-refractivity contribution in [2.24, 2.45) is 7.05 Å². The fraction of sp³-hybridized carbons (Fsp3) is 0.250. The predicted octanol–water partition coefficient (Wildman–Crippen LogP) is 1.01. The zero-order chi connectivity index (χ0) is 17.5. The number of anilines is 2. The Morgan fingerprint density at radius 3 is 2.30 bits per heavy atom. The zero-order valence-corrected chi connectivity index (χ0v) is 14.3. The van der Waals surface area contributed by atoms with E-state index in [0.29, 0.717) is 0 Å². The molecule has 2 aromatic rings. The molecule has 11 heteroatoms. The Kier molecular flexibility index (Phi) is 7.03. The molecule has 9 nitrogen and oxygen atoms in total. The van der Waals surface area contributed by atoms with Gasteiger partial charge in [-0.3, -0.25) is 9.50 Å². The number of hydrogen-bond donors (Lipinski definition) is 2. The molecule has 0 saturated heterocycles. The molecule has 0 fully saturated rings. The van der Waals surface area contributed by atoms with Crippen LogP contribution >= 0.6 is 11.5 Å². The van der Waals surface area contributed by atoms with Crippen LogP contribution in [-0.4, -0.2) is 30.6 Å². The van der Waals surface area contributed by atoms with E-state index in [1.54, 1.807) is 4.68 Å². The molecule has 1 heterocycles. The van der Waals surface area contributed by atoms with Gasteiger partial charge in [0, 0.05) is 12.6 Å². The Hall–Kier alpha value is -2.08. The molecule has 0 spiro atoms. The van der Waals surface area contributed by atoms with E-state index in [9.17, 15) is 17.8 Å². The highest BCUT2D eigenvalue weighted by Gasteiger charge is 2.15. The highest BCUT2D eigenvalue weighted by molar-refractivity contribution is 7.80. The summed E-state index contributed by atoms with van der Waals surface area (Å²) >= 11 is 1.26. The Bertz CT molecular complexity index is 746. The minimum Gasteiger partial charge on any atom is -0.726 e. The van der Waals surface area contributed by atoms with Crippen LogP contribution in [0.4, 0.5) is 15.5 Å².